The molecule has 5 rings (SSSR count). The summed E-state index contributed by atoms with van der Waals surface area (Å²) in [6.07, 6.45) is 0. The molecule has 5 aromatic rings. The first kappa shape index (κ1) is 18.2. The van der Waals surface area contributed by atoms with Gasteiger partial charge in [0.15, 0.2) is 0 Å². The van der Waals surface area contributed by atoms with Crippen LogP contribution in [-0.4, -0.2) is 21.1 Å². The van der Waals surface area contributed by atoms with Crippen LogP contribution in [0, 0.1) is 6.92 Å². The fourth-order valence-electron chi connectivity index (χ4n) is 3.91. The summed E-state index contributed by atoms with van der Waals surface area (Å²) in [7, 11) is 1.63. The number of aromatic nitrogens is 3. The second-order valence-electron chi connectivity index (χ2n) is 7.35. The summed E-state index contributed by atoms with van der Waals surface area (Å²) >= 11 is 0. The highest BCUT2D eigenvalue weighted by atomic mass is 16.5. The smallest absolute Gasteiger partial charge is 0.260 e. The van der Waals surface area contributed by atoms with Crippen LogP contribution in [0.1, 0.15) is 11.1 Å². The van der Waals surface area contributed by atoms with Gasteiger partial charge in [0.25, 0.3) is 5.56 Å². The number of ether oxygens (including phenoxy) is 1. The Morgan fingerprint density at radius 3 is 2.47 bits per heavy atom. The second-order valence-corrected chi connectivity index (χ2v) is 7.35. The van der Waals surface area contributed by atoms with Gasteiger partial charge in [0, 0.05) is 11.6 Å². The number of imidazole rings is 1. The van der Waals surface area contributed by atoms with Crippen molar-refractivity contribution in [3.63, 3.8) is 0 Å². The molecule has 0 aliphatic heterocycles. The first-order chi connectivity index (χ1) is 14.7. The van der Waals surface area contributed by atoms with Gasteiger partial charge in [-0.1, -0.05) is 48.5 Å². The molecule has 0 spiro atoms. The van der Waals surface area contributed by atoms with Crippen molar-refractivity contribution in [3.05, 3.63) is 100 Å². The van der Waals surface area contributed by atoms with Crippen LogP contribution in [0.5, 0.6) is 5.75 Å². The van der Waals surface area contributed by atoms with E-state index >= 15 is 0 Å². The van der Waals surface area contributed by atoms with Crippen molar-refractivity contribution in [1.29, 1.82) is 0 Å². The summed E-state index contributed by atoms with van der Waals surface area (Å²) in [4.78, 5) is 18.1. The van der Waals surface area contributed by atoms with Crippen molar-refractivity contribution in [2.75, 3.05) is 7.11 Å². The van der Waals surface area contributed by atoms with E-state index in [0.717, 1.165) is 22.3 Å². The maximum absolute atomic E-state index is 13.2. The van der Waals surface area contributed by atoms with Gasteiger partial charge in [0.2, 0.25) is 5.78 Å². The van der Waals surface area contributed by atoms with Crippen LogP contribution >= 0.6 is 0 Å². The molecule has 30 heavy (non-hydrogen) atoms. The molecule has 2 aromatic heterocycles. The third-order valence-corrected chi connectivity index (χ3v) is 5.51. The molecule has 0 saturated heterocycles. The maximum Gasteiger partial charge on any atom is 0.260 e. The predicted octanol–water partition coefficient (Wildman–Crippen LogP) is 4.68. The monoisotopic (exact) mass is 395 g/mol. The Morgan fingerprint density at radius 1 is 0.900 bits per heavy atom. The molecular formula is C25H21N3O2. The lowest BCUT2D eigenvalue weighted by atomic mass is 10.1. The van der Waals surface area contributed by atoms with Gasteiger partial charge in [-0.2, -0.15) is 0 Å². The van der Waals surface area contributed by atoms with Crippen LogP contribution in [0.3, 0.4) is 0 Å². The Bertz CT molecular complexity index is 1450. The van der Waals surface area contributed by atoms with Gasteiger partial charge in [0.1, 0.15) is 5.75 Å². The molecule has 0 bridgehead atoms. The van der Waals surface area contributed by atoms with Gasteiger partial charge in [-0.15, -0.1) is 0 Å². The molecule has 5 nitrogen and oxygen atoms in total. The molecule has 0 amide bonds. The minimum Gasteiger partial charge on any atom is -0.497 e. The van der Waals surface area contributed by atoms with Gasteiger partial charge >= 0.3 is 0 Å². The third kappa shape index (κ3) is 2.95. The van der Waals surface area contributed by atoms with Crippen LogP contribution in [0.25, 0.3) is 28.1 Å². The fraction of sp³-hybridized carbons (Fsp3) is 0.120. The molecule has 3 aromatic carbocycles. The van der Waals surface area contributed by atoms with Crippen LogP contribution in [0.15, 0.2) is 83.7 Å². The Kier molecular flexibility index (Phi) is 4.36. The van der Waals surface area contributed by atoms with Crippen LogP contribution in [0.2, 0.25) is 0 Å². The number of methoxy groups -OCH3 is 1. The van der Waals surface area contributed by atoms with Crippen LogP contribution < -0.4 is 10.3 Å². The Labute approximate surface area is 173 Å². The van der Waals surface area contributed by atoms with Crippen molar-refractivity contribution in [2.24, 2.45) is 0 Å². The predicted molar refractivity (Wildman–Crippen MR) is 119 cm³/mol. The SMILES string of the molecule is COc1cccc(-c2cc(=O)n3c4ccccc4n(Cc4ccccc4C)c3n2)c1. The number of aryl methyl sites for hydroxylation is 1. The molecule has 0 radical (unpaired) electrons. The van der Waals surface area contributed by atoms with E-state index in [9.17, 15) is 4.79 Å². The quantitative estimate of drug-likeness (QED) is 0.444. The van der Waals surface area contributed by atoms with Gasteiger partial charge in [-0.25, -0.2) is 9.38 Å². The molecule has 2 heterocycles. The summed E-state index contributed by atoms with van der Waals surface area (Å²) in [5, 5.41) is 0. The highest BCUT2D eigenvalue weighted by molar-refractivity contribution is 5.81. The zero-order chi connectivity index (χ0) is 20.7. The summed E-state index contributed by atoms with van der Waals surface area (Å²) in [6.45, 7) is 2.74. The largest absolute Gasteiger partial charge is 0.497 e. The molecule has 0 N–H and O–H groups in total. The summed E-state index contributed by atoms with van der Waals surface area (Å²) in [5.41, 5.74) is 5.62. The summed E-state index contributed by atoms with van der Waals surface area (Å²) < 4.78 is 9.15. The molecule has 0 aliphatic rings. The fourth-order valence-corrected chi connectivity index (χ4v) is 3.91. The number of hydrogen-bond acceptors (Lipinski definition) is 3. The minimum atomic E-state index is -0.0995. The third-order valence-electron chi connectivity index (χ3n) is 5.51. The van der Waals surface area contributed by atoms with Crippen molar-refractivity contribution < 1.29 is 4.74 Å². The average molecular weight is 395 g/mol. The molecular weight excluding hydrogens is 374 g/mol. The molecule has 0 aliphatic carbocycles. The number of hydrogen-bond donors (Lipinski definition) is 0. The first-order valence-electron chi connectivity index (χ1n) is 9.85. The zero-order valence-electron chi connectivity index (χ0n) is 16.9. The second kappa shape index (κ2) is 7.19. The van der Waals surface area contributed by atoms with Crippen LogP contribution in [0.4, 0.5) is 0 Å². The van der Waals surface area contributed by atoms with E-state index in [0.29, 0.717) is 18.0 Å². The average Bonchev–Trinajstić information content (AvgIpc) is 3.09. The molecule has 148 valence electrons. The lowest BCUT2D eigenvalue weighted by molar-refractivity contribution is 0.415. The number of para-hydroxylation sites is 2. The number of benzene rings is 3. The molecule has 0 fully saturated rings. The highest BCUT2D eigenvalue weighted by Crippen LogP contribution is 2.25. The molecule has 0 unspecified atom stereocenters. The van der Waals surface area contributed by atoms with Crippen LogP contribution in [-0.2, 0) is 6.54 Å². The van der Waals surface area contributed by atoms with E-state index in [4.69, 9.17) is 9.72 Å². The number of nitrogens with zero attached hydrogens (tertiary/aromatic N) is 3. The van der Waals surface area contributed by atoms with E-state index in [1.165, 1.54) is 11.1 Å². The molecule has 0 atom stereocenters. The van der Waals surface area contributed by atoms with Crippen molar-refractivity contribution in [1.82, 2.24) is 14.0 Å². The Hall–Kier alpha value is -3.86. The van der Waals surface area contributed by atoms with E-state index in [1.807, 2.05) is 60.7 Å². The van der Waals surface area contributed by atoms with E-state index < -0.39 is 0 Å². The van der Waals surface area contributed by atoms with Gasteiger partial charge in [0.05, 0.1) is 30.4 Å². The van der Waals surface area contributed by atoms with E-state index in [2.05, 4.69) is 23.6 Å². The minimum absolute atomic E-state index is 0.0995. The first-order valence-corrected chi connectivity index (χ1v) is 9.85. The summed E-state index contributed by atoms with van der Waals surface area (Å²) in [5.74, 6) is 1.36. The van der Waals surface area contributed by atoms with Crippen molar-refractivity contribution >= 4 is 16.8 Å². The molecule has 0 saturated carbocycles. The van der Waals surface area contributed by atoms with Gasteiger partial charge in [-0.05, 0) is 42.3 Å². The maximum atomic E-state index is 13.2. The Balaban J connectivity index is 1.79. The standard InChI is InChI=1S/C25H21N3O2/c1-17-8-3-4-9-19(17)16-27-22-12-5-6-13-23(22)28-24(29)15-21(26-25(27)28)18-10-7-11-20(14-18)30-2/h3-15H,16H2,1-2H3. The summed E-state index contributed by atoms with van der Waals surface area (Å²) in [6, 6.07) is 25.4. The zero-order valence-corrected chi connectivity index (χ0v) is 16.9. The molecule has 5 heteroatoms. The van der Waals surface area contributed by atoms with Gasteiger partial charge < -0.3 is 9.30 Å². The van der Waals surface area contributed by atoms with Gasteiger partial charge in [-0.3, -0.25) is 4.79 Å². The number of fused-ring (bicyclic) bond motifs is 3. The Morgan fingerprint density at radius 2 is 1.67 bits per heavy atom. The number of rotatable bonds is 4. The lowest BCUT2D eigenvalue weighted by Gasteiger charge is -2.10. The van der Waals surface area contributed by atoms with E-state index in [-0.39, 0.29) is 5.56 Å². The van der Waals surface area contributed by atoms with Crippen molar-refractivity contribution in [3.8, 4) is 17.0 Å². The van der Waals surface area contributed by atoms with E-state index in [1.54, 1.807) is 17.6 Å². The normalized spacial score (nSPS) is 11.3. The lowest BCUT2D eigenvalue weighted by Crippen LogP contribution is -2.15. The topological polar surface area (TPSA) is 48.5 Å². The highest BCUT2D eigenvalue weighted by Gasteiger charge is 2.16. The van der Waals surface area contributed by atoms with Crippen molar-refractivity contribution in [2.45, 2.75) is 13.5 Å².